The average molecular weight is 290 g/mol. The van der Waals surface area contributed by atoms with Gasteiger partial charge in [-0.1, -0.05) is 20.8 Å². The molecule has 1 atom stereocenters. The summed E-state index contributed by atoms with van der Waals surface area (Å²) in [5.74, 6) is 0.423. The van der Waals surface area contributed by atoms with E-state index in [1.165, 1.54) is 6.42 Å². The van der Waals surface area contributed by atoms with Crippen molar-refractivity contribution in [2.45, 2.75) is 47.0 Å². The maximum atomic E-state index is 11.4. The summed E-state index contributed by atoms with van der Waals surface area (Å²) in [4.78, 5) is 18.1. The van der Waals surface area contributed by atoms with Crippen molar-refractivity contribution in [1.82, 2.24) is 4.98 Å². The van der Waals surface area contributed by atoms with Gasteiger partial charge in [0.25, 0.3) is 0 Å². The van der Waals surface area contributed by atoms with E-state index in [1.807, 2.05) is 6.92 Å². The van der Waals surface area contributed by atoms with Crippen molar-refractivity contribution in [1.29, 1.82) is 0 Å². The van der Waals surface area contributed by atoms with Crippen LogP contribution in [0.1, 0.15) is 56.1 Å². The first-order chi connectivity index (χ1) is 9.79. The van der Waals surface area contributed by atoms with Crippen LogP contribution in [-0.2, 0) is 0 Å². The molecular formula is C17H26N2O2. The molecule has 1 unspecified atom stereocenters. The van der Waals surface area contributed by atoms with Gasteiger partial charge in [-0.25, -0.2) is 9.78 Å². The molecule has 4 heteroatoms. The molecule has 1 aromatic heterocycles. The third-order valence-electron chi connectivity index (χ3n) is 4.50. The quantitative estimate of drug-likeness (QED) is 0.901. The summed E-state index contributed by atoms with van der Waals surface area (Å²) in [7, 11) is 0. The van der Waals surface area contributed by atoms with E-state index in [9.17, 15) is 9.90 Å². The zero-order chi connectivity index (χ0) is 15.6. The highest BCUT2D eigenvalue weighted by atomic mass is 16.4. The van der Waals surface area contributed by atoms with E-state index in [1.54, 1.807) is 12.1 Å². The van der Waals surface area contributed by atoms with Crippen LogP contribution < -0.4 is 4.90 Å². The maximum absolute atomic E-state index is 11.4. The number of aromatic nitrogens is 1. The van der Waals surface area contributed by atoms with E-state index in [2.05, 4.69) is 30.7 Å². The number of carboxylic acids is 1. The molecule has 0 aromatic carbocycles. The first-order valence-electron chi connectivity index (χ1n) is 7.75. The third-order valence-corrected chi connectivity index (χ3v) is 4.50. The molecule has 116 valence electrons. The molecule has 21 heavy (non-hydrogen) atoms. The second-order valence-corrected chi connectivity index (χ2v) is 7.11. The largest absolute Gasteiger partial charge is 0.478 e. The molecule has 1 aromatic rings. The molecule has 0 aliphatic carbocycles. The van der Waals surface area contributed by atoms with Crippen molar-refractivity contribution >= 4 is 11.8 Å². The summed E-state index contributed by atoms with van der Waals surface area (Å²) in [6, 6.07) is 3.44. The van der Waals surface area contributed by atoms with Crippen molar-refractivity contribution in [3.63, 3.8) is 0 Å². The van der Waals surface area contributed by atoms with Gasteiger partial charge < -0.3 is 10.0 Å². The highest BCUT2D eigenvalue weighted by Crippen LogP contribution is 2.35. The number of pyridine rings is 1. The lowest BCUT2D eigenvalue weighted by atomic mass is 9.77. The van der Waals surface area contributed by atoms with Gasteiger partial charge in [0.1, 0.15) is 11.4 Å². The fraction of sp³-hybridized carbons (Fsp3) is 0.647. The number of hydrogen-bond acceptors (Lipinski definition) is 3. The van der Waals surface area contributed by atoms with E-state index in [0.717, 1.165) is 31.6 Å². The minimum absolute atomic E-state index is 0.311. The van der Waals surface area contributed by atoms with Gasteiger partial charge in [-0.3, -0.25) is 0 Å². The Hall–Kier alpha value is -1.58. The minimum atomic E-state index is -0.894. The number of hydrogen-bond donors (Lipinski definition) is 1. The summed E-state index contributed by atoms with van der Waals surface area (Å²) >= 11 is 0. The zero-order valence-electron chi connectivity index (χ0n) is 13.5. The smallest absolute Gasteiger partial charge is 0.339 e. The Morgan fingerprint density at radius 3 is 2.62 bits per heavy atom. The SMILES string of the molecule is Cc1ccc(C(=O)O)c(N2CCCC(C(C)(C)C)CC2)n1. The topological polar surface area (TPSA) is 53.4 Å². The molecule has 1 aliphatic heterocycles. The normalized spacial score (nSPS) is 20.2. The highest BCUT2D eigenvalue weighted by Gasteiger charge is 2.28. The lowest BCUT2D eigenvalue weighted by Crippen LogP contribution is -2.28. The minimum Gasteiger partial charge on any atom is -0.478 e. The van der Waals surface area contributed by atoms with Gasteiger partial charge in [-0.2, -0.15) is 0 Å². The fourth-order valence-electron chi connectivity index (χ4n) is 3.13. The van der Waals surface area contributed by atoms with Crippen LogP contribution in [0.5, 0.6) is 0 Å². The van der Waals surface area contributed by atoms with Crippen LogP contribution in [0, 0.1) is 18.3 Å². The van der Waals surface area contributed by atoms with E-state index >= 15 is 0 Å². The summed E-state index contributed by atoms with van der Waals surface area (Å²) in [5, 5.41) is 9.37. The maximum Gasteiger partial charge on any atom is 0.339 e. The predicted molar refractivity (Wildman–Crippen MR) is 84.9 cm³/mol. The Morgan fingerprint density at radius 1 is 1.29 bits per heavy atom. The number of carboxylic acid groups (broad SMARTS) is 1. The van der Waals surface area contributed by atoms with Gasteiger partial charge in [-0.15, -0.1) is 0 Å². The zero-order valence-corrected chi connectivity index (χ0v) is 13.5. The molecule has 0 bridgehead atoms. The molecule has 2 rings (SSSR count). The molecular weight excluding hydrogens is 264 g/mol. The molecule has 0 radical (unpaired) electrons. The molecule has 2 heterocycles. The van der Waals surface area contributed by atoms with E-state index in [0.29, 0.717) is 22.7 Å². The molecule has 0 saturated carbocycles. The van der Waals surface area contributed by atoms with Gasteiger partial charge in [-0.05, 0) is 49.7 Å². The lowest BCUT2D eigenvalue weighted by molar-refractivity contribution is 0.0697. The van der Waals surface area contributed by atoms with Gasteiger partial charge in [0.15, 0.2) is 0 Å². The van der Waals surface area contributed by atoms with E-state index in [4.69, 9.17) is 0 Å². The van der Waals surface area contributed by atoms with Gasteiger partial charge in [0.2, 0.25) is 0 Å². The van der Waals surface area contributed by atoms with Gasteiger partial charge in [0.05, 0.1) is 0 Å². The summed E-state index contributed by atoms with van der Waals surface area (Å²) in [6.07, 6.45) is 3.39. The van der Waals surface area contributed by atoms with Gasteiger partial charge in [0, 0.05) is 18.8 Å². The Labute approximate surface area is 127 Å². The molecule has 0 spiro atoms. The fourth-order valence-corrected chi connectivity index (χ4v) is 3.13. The number of carbonyl (C=O) groups is 1. The van der Waals surface area contributed by atoms with Crippen LogP contribution in [0.2, 0.25) is 0 Å². The van der Waals surface area contributed by atoms with Crippen molar-refractivity contribution in [3.05, 3.63) is 23.4 Å². The van der Waals surface area contributed by atoms with E-state index < -0.39 is 5.97 Å². The summed E-state index contributed by atoms with van der Waals surface area (Å²) in [6.45, 7) is 10.6. The predicted octanol–water partition coefficient (Wildman–Crippen LogP) is 3.74. The van der Waals surface area contributed by atoms with Crippen LogP contribution in [0.15, 0.2) is 12.1 Å². The first kappa shape index (κ1) is 15.8. The molecule has 4 nitrogen and oxygen atoms in total. The summed E-state index contributed by atoms with van der Waals surface area (Å²) in [5.41, 5.74) is 1.49. The number of anilines is 1. The Bertz CT molecular complexity index is 520. The number of aryl methyl sites for hydroxylation is 1. The molecule has 1 N–H and O–H groups in total. The second kappa shape index (κ2) is 6.04. The lowest BCUT2D eigenvalue weighted by Gasteiger charge is -2.30. The van der Waals surface area contributed by atoms with Crippen LogP contribution >= 0.6 is 0 Å². The molecule has 1 fully saturated rings. The average Bonchev–Trinajstić information content (AvgIpc) is 2.63. The Balaban J connectivity index is 2.23. The number of rotatable bonds is 2. The monoisotopic (exact) mass is 290 g/mol. The van der Waals surface area contributed by atoms with Crippen LogP contribution in [0.3, 0.4) is 0 Å². The first-order valence-corrected chi connectivity index (χ1v) is 7.75. The number of nitrogens with zero attached hydrogens (tertiary/aromatic N) is 2. The third kappa shape index (κ3) is 3.74. The van der Waals surface area contributed by atoms with E-state index in [-0.39, 0.29) is 0 Å². The Kier molecular flexibility index (Phi) is 4.55. The Morgan fingerprint density at radius 2 is 2.00 bits per heavy atom. The standard InChI is InChI=1S/C17H26N2O2/c1-12-7-8-14(16(20)21)15(18-12)19-10-5-6-13(9-11-19)17(2,3)4/h7-8,13H,5-6,9-11H2,1-4H3,(H,20,21). The highest BCUT2D eigenvalue weighted by molar-refractivity contribution is 5.93. The molecule has 1 saturated heterocycles. The van der Waals surface area contributed by atoms with Crippen molar-refractivity contribution in [2.75, 3.05) is 18.0 Å². The van der Waals surface area contributed by atoms with Crippen molar-refractivity contribution in [2.24, 2.45) is 11.3 Å². The van der Waals surface area contributed by atoms with Crippen LogP contribution in [0.4, 0.5) is 5.82 Å². The second-order valence-electron chi connectivity index (χ2n) is 7.11. The molecule has 1 aliphatic rings. The van der Waals surface area contributed by atoms with Crippen molar-refractivity contribution in [3.8, 4) is 0 Å². The van der Waals surface area contributed by atoms with Gasteiger partial charge >= 0.3 is 5.97 Å². The summed E-state index contributed by atoms with van der Waals surface area (Å²) < 4.78 is 0. The van der Waals surface area contributed by atoms with Crippen LogP contribution in [-0.4, -0.2) is 29.1 Å². The van der Waals surface area contributed by atoms with Crippen LogP contribution in [0.25, 0.3) is 0 Å². The van der Waals surface area contributed by atoms with Crippen molar-refractivity contribution < 1.29 is 9.90 Å². The molecule has 0 amide bonds. The number of aromatic carboxylic acids is 1.